The van der Waals surface area contributed by atoms with Crippen molar-refractivity contribution in [2.75, 3.05) is 5.43 Å². The molecular weight excluding hydrogens is 309 g/mol. The molecule has 0 aliphatic heterocycles. The Kier molecular flexibility index (Phi) is 3.37. The number of fused-ring (bicyclic) bond motifs is 1. The van der Waals surface area contributed by atoms with Crippen molar-refractivity contribution in [2.24, 2.45) is 5.92 Å². The molecule has 1 aliphatic carbocycles. The minimum absolute atomic E-state index is 0.0646. The van der Waals surface area contributed by atoms with Crippen LogP contribution in [0, 0.1) is 11.7 Å². The molecular formula is C18H14FN3O2. The maximum atomic E-state index is 13.0. The summed E-state index contributed by atoms with van der Waals surface area (Å²) < 4.78 is 14.1. The third-order valence-electron chi connectivity index (χ3n) is 4.32. The van der Waals surface area contributed by atoms with E-state index in [4.69, 9.17) is 0 Å². The Labute approximate surface area is 136 Å². The van der Waals surface area contributed by atoms with Gasteiger partial charge in [-0.3, -0.25) is 15.0 Å². The second-order valence-corrected chi connectivity index (χ2v) is 5.91. The molecule has 2 unspecified atom stereocenters. The van der Waals surface area contributed by atoms with Gasteiger partial charge in [0.2, 0.25) is 5.91 Å². The summed E-state index contributed by atoms with van der Waals surface area (Å²) >= 11 is 0. The monoisotopic (exact) mass is 323 g/mol. The first-order valence-corrected chi connectivity index (χ1v) is 7.66. The Morgan fingerprint density at radius 1 is 1.17 bits per heavy atom. The lowest BCUT2D eigenvalue weighted by atomic mass is 10.1. The van der Waals surface area contributed by atoms with Crippen LogP contribution in [0.5, 0.6) is 0 Å². The van der Waals surface area contributed by atoms with E-state index in [2.05, 4.69) is 10.4 Å². The summed E-state index contributed by atoms with van der Waals surface area (Å²) in [4.78, 5) is 28.9. The Hall–Kier alpha value is -3.02. The molecule has 1 saturated carbocycles. The van der Waals surface area contributed by atoms with E-state index in [0.717, 1.165) is 10.2 Å². The number of para-hydroxylation sites is 1. The molecule has 4 rings (SSSR count). The Balaban J connectivity index is 1.52. The molecule has 2 atom stereocenters. The van der Waals surface area contributed by atoms with E-state index in [1.54, 1.807) is 36.4 Å². The number of nitrogens with zero attached hydrogens (tertiary/aromatic N) is 2. The van der Waals surface area contributed by atoms with Crippen LogP contribution in [0.4, 0.5) is 4.39 Å². The highest BCUT2D eigenvalue weighted by atomic mass is 19.1. The summed E-state index contributed by atoms with van der Waals surface area (Å²) in [5.74, 6) is -0.679. The summed E-state index contributed by atoms with van der Waals surface area (Å²) in [5, 5.41) is 0.450. The van der Waals surface area contributed by atoms with Gasteiger partial charge in [0.15, 0.2) is 0 Å². The highest BCUT2D eigenvalue weighted by Crippen LogP contribution is 2.47. The normalized spacial score (nSPS) is 19.2. The van der Waals surface area contributed by atoms with Crippen LogP contribution in [0.1, 0.15) is 17.9 Å². The van der Waals surface area contributed by atoms with E-state index in [9.17, 15) is 14.0 Å². The van der Waals surface area contributed by atoms with Crippen molar-refractivity contribution in [3.63, 3.8) is 0 Å². The predicted molar refractivity (Wildman–Crippen MR) is 87.6 cm³/mol. The molecule has 1 heterocycles. The number of halogens is 1. The molecule has 1 N–H and O–H groups in total. The maximum absolute atomic E-state index is 13.0. The van der Waals surface area contributed by atoms with E-state index in [-0.39, 0.29) is 29.1 Å². The van der Waals surface area contributed by atoms with Crippen LogP contribution in [0.25, 0.3) is 10.9 Å². The van der Waals surface area contributed by atoms with Gasteiger partial charge in [0.05, 0.1) is 10.9 Å². The van der Waals surface area contributed by atoms with Gasteiger partial charge in [-0.25, -0.2) is 14.1 Å². The van der Waals surface area contributed by atoms with E-state index in [0.29, 0.717) is 17.3 Å². The van der Waals surface area contributed by atoms with Crippen molar-refractivity contribution in [3.8, 4) is 0 Å². The topological polar surface area (TPSA) is 64.0 Å². The smallest absolute Gasteiger partial charge is 0.273 e. The molecule has 120 valence electrons. The fraction of sp³-hybridized carbons (Fsp3) is 0.167. The SMILES string of the molecule is O=C(Nn1cnc2ccccc2c1=O)C1CC1c1ccc(F)cc1. The second-order valence-electron chi connectivity index (χ2n) is 5.91. The molecule has 0 bridgehead atoms. The summed E-state index contributed by atoms with van der Waals surface area (Å²) in [6.07, 6.45) is 2.01. The van der Waals surface area contributed by atoms with Crippen LogP contribution in [-0.4, -0.2) is 15.6 Å². The van der Waals surface area contributed by atoms with Crippen molar-refractivity contribution in [2.45, 2.75) is 12.3 Å². The van der Waals surface area contributed by atoms with Gasteiger partial charge in [0.1, 0.15) is 12.1 Å². The van der Waals surface area contributed by atoms with Crippen molar-refractivity contribution < 1.29 is 9.18 Å². The summed E-state index contributed by atoms with van der Waals surface area (Å²) in [6, 6.07) is 13.1. The highest BCUT2D eigenvalue weighted by Gasteiger charge is 2.44. The van der Waals surface area contributed by atoms with Crippen LogP contribution in [0.3, 0.4) is 0 Å². The number of nitrogens with one attached hydrogen (secondary N) is 1. The molecule has 1 fully saturated rings. The molecule has 3 aromatic rings. The van der Waals surface area contributed by atoms with Gasteiger partial charge in [-0.1, -0.05) is 24.3 Å². The van der Waals surface area contributed by atoms with Gasteiger partial charge < -0.3 is 0 Å². The molecule has 24 heavy (non-hydrogen) atoms. The average Bonchev–Trinajstić information content (AvgIpc) is 3.39. The molecule has 5 nitrogen and oxygen atoms in total. The number of rotatable bonds is 3. The Bertz CT molecular complexity index is 981. The number of amides is 1. The van der Waals surface area contributed by atoms with Gasteiger partial charge in [-0.05, 0) is 42.2 Å². The first kappa shape index (κ1) is 14.6. The second kappa shape index (κ2) is 5.56. The number of aromatic nitrogens is 2. The van der Waals surface area contributed by atoms with Crippen LogP contribution in [-0.2, 0) is 4.79 Å². The van der Waals surface area contributed by atoms with E-state index >= 15 is 0 Å². The number of carbonyl (C=O) groups excluding carboxylic acids is 1. The summed E-state index contributed by atoms with van der Waals surface area (Å²) in [5.41, 5.74) is 3.81. The highest BCUT2D eigenvalue weighted by molar-refractivity contribution is 5.89. The maximum Gasteiger partial charge on any atom is 0.280 e. The van der Waals surface area contributed by atoms with Gasteiger partial charge in [0, 0.05) is 5.92 Å². The van der Waals surface area contributed by atoms with Crippen molar-refractivity contribution in [1.82, 2.24) is 9.66 Å². The van der Waals surface area contributed by atoms with Crippen LogP contribution in [0.2, 0.25) is 0 Å². The lowest BCUT2D eigenvalue weighted by Gasteiger charge is -2.08. The Morgan fingerprint density at radius 3 is 2.71 bits per heavy atom. The van der Waals surface area contributed by atoms with Gasteiger partial charge in [-0.2, -0.15) is 0 Å². The number of hydrogen-bond acceptors (Lipinski definition) is 3. The predicted octanol–water partition coefficient (Wildman–Crippen LogP) is 2.41. The van der Waals surface area contributed by atoms with Crippen LogP contribution >= 0.6 is 0 Å². The third kappa shape index (κ3) is 2.56. The lowest BCUT2D eigenvalue weighted by molar-refractivity contribution is -0.118. The molecule has 0 saturated heterocycles. The molecule has 6 heteroatoms. The largest absolute Gasteiger partial charge is 0.280 e. The van der Waals surface area contributed by atoms with Gasteiger partial charge >= 0.3 is 0 Å². The van der Waals surface area contributed by atoms with E-state index in [1.165, 1.54) is 18.5 Å². The molecule has 2 aromatic carbocycles. The fourth-order valence-electron chi connectivity index (χ4n) is 2.91. The van der Waals surface area contributed by atoms with Crippen LogP contribution < -0.4 is 11.0 Å². The zero-order chi connectivity index (χ0) is 16.7. The quantitative estimate of drug-likeness (QED) is 0.805. The van der Waals surface area contributed by atoms with Crippen molar-refractivity contribution in [3.05, 3.63) is 76.6 Å². The van der Waals surface area contributed by atoms with Gasteiger partial charge in [0.25, 0.3) is 5.56 Å². The van der Waals surface area contributed by atoms with Crippen LogP contribution in [0.15, 0.2) is 59.7 Å². The van der Waals surface area contributed by atoms with E-state index in [1.807, 2.05) is 0 Å². The average molecular weight is 323 g/mol. The lowest BCUT2D eigenvalue weighted by Crippen LogP contribution is -2.34. The number of benzene rings is 2. The zero-order valence-corrected chi connectivity index (χ0v) is 12.6. The minimum Gasteiger partial charge on any atom is -0.273 e. The number of carbonyl (C=O) groups is 1. The summed E-state index contributed by atoms with van der Waals surface area (Å²) in [7, 11) is 0. The molecule has 1 aromatic heterocycles. The first-order valence-electron chi connectivity index (χ1n) is 7.66. The fourth-order valence-corrected chi connectivity index (χ4v) is 2.91. The Morgan fingerprint density at radius 2 is 1.92 bits per heavy atom. The molecule has 0 radical (unpaired) electrons. The first-order chi connectivity index (χ1) is 11.6. The van der Waals surface area contributed by atoms with Gasteiger partial charge in [-0.15, -0.1) is 0 Å². The van der Waals surface area contributed by atoms with E-state index < -0.39 is 0 Å². The molecule has 0 spiro atoms. The molecule has 1 aliphatic rings. The minimum atomic E-state index is -0.312. The summed E-state index contributed by atoms with van der Waals surface area (Å²) in [6.45, 7) is 0. The standard InChI is InChI=1S/C18H14FN3O2/c19-12-7-5-11(6-8-12)14-9-15(14)17(23)21-22-10-20-16-4-2-1-3-13(16)18(22)24/h1-8,10,14-15H,9H2,(H,21,23). The number of hydrogen-bond donors (Lipinski definition) is 1. The van der Waals surface area contributed by atoms with Crippen molar-refractivity contribution in [1.29, 1.82) is 0 Å². The van der Waals surface area contributed by atoms with Crippen molar-refractivity contribution >= 4 is 16.8 Å². The third-order valence-corrected chi connectivity index (χ3v) is 4.32. The zero-order valence-electron chi connectivity index (χ0n) is 12.6. The molecule has 1 amide bonds.